The summed E-state index contributed by atoms with van der Waals surface area (Å²) >= 11 is 0. The Kier molecular flexibility index (Phi) is 5.65. The molecule has 1 aliphatic heterocycles. The Morgan fingerprint density at radius 3 is 3.00 bits per heavy atom. The highest BCUT2D eigenvalue weighted by atomic mass is 16.5. The van der Waals surface area contributed by atoms with Gasteiger partial charge in [0.1, 0.15) is 0 Å². The van der Waals surface area contributed by atoms with Crippen LogP contribution in [0.25, 0.3) is 0 Å². The summed E-state index contributed by atoms with van der Waals surface area (Å²) in [5, 5.41) is 6.02. The van der Waals surface area contributed by atoms with Crippen molar-refractivity contribution in [3.63, 3.8) is 0 Å². The second-order valence-corrected chi connectivity index (χ2v) is 4.09. The molecule has 1 rings (SSSR count). The molecule has 1 amide bonds. The Bertz CT molecular complexity index is 191. The maximum atomic E-state index is 11.4. The highest BCUT2D eigenvalue weighted by Crippen LogP contribution is 2.15. The zero-order chi connectivity index (χ0) is 11.1. The SMILES string of the molecule is CCNC(=O)C(C)NCCC1CCOC1. The molecule has 1 saturated heterocycles. The van der Waals surface area contributed by atoms with E-state index in [1.807, 2.05) is 13.8 Å². The summed E-state index contributed by atoms with van der Waals surface area (Å²) in [5.41, 5.74) is 0. The van der Waals surface area contributed by atoms with Gasteiger partial charge in [0.25, 0.3) is 0 Å². The van der Waals surface area contributed by atoms with E-state index >= 15 is 0 Å². The van der Waals surface area contributed by atoms with E-state index in [-0.39, 0.29) is 11.9 Å². The number of carbonyl (C=O) groups is 1. The van der Waals surface area contributed by atoms with Crippen molar-refractivity contribution in [3.8, 4) is 0 Å². The van der Waals surface area contributed by atoms with E-state index in [9.17, 15) is 4.79 Å². The van der Waals surface area contributed by atoms with Gasteiger partial charge in [-0.25, -0.2) is 0 Å². The van der Waals surface area contributed by atoms with E-state index in [2.05, 4.69) is 10.6 Å². The number of amides is 1. The molecule has 4 nitrogen and oxygen atoms in total. The first-order chi connectivity index (χ1) is 7.24. The second kappa shape index (κ2) is 6.80. The van der Waals surface area contributed by atoms with E-state index in [0.717, 1.165) is 32.6 Å². The molecule has 0 aromatic heterocycles. The van der Waals surface area contributed by atoms with Gasteiger partial charge in [-0.05, 0) is 39.2 Å². The summed E-state index contributed by atoms with van der Waals surface area (Å²) in [6.07, 6.45) is 2.26. The summed E-state index contributed by atoms with van der Waals surface area (Å²) in [5.74, 6) is 0.763. The monoisotopic (exact) mass is 214 g/mol. The molecule has 1 aliphatic rings. The van der Waals surface area contributed by atoms with Gasteiger partial charge in [0, 0.05) is 19.8 Å². The summed E-state index contributed by atoms with van der Waals surface area (Å²) < 4.78 is 5.29. The molecule has 2 N–H and O–H groups in total. The first kappa shape index (κ1) is 12.5. The van der Waals surface area contributed by atoms with Crippen LogP contribution in [0.3, 0.4) is 0 Å². The van der Waals surface area contributed by atoms with Crippen LogP contribution in [0.2, 0.25) is 0 Å². The van der Waals surface area contributed by atoms with Crippen molar-refractivity contribution < 1.29 is 9.53 Å². The van der Waals surface area contributed by atoms with Crippen molar-refractivity contribution in [1.82, 2.24) is 10.6 Å². The van der Waals surface area contributed by atoms with Gasteiger partial charge in [0.2, 0.25) is 5.91 Å². The molecule has 0 aromatic carbocycles. The molecule has 88 valence electrons. The van der Waals surface area contributed by atoms with E-state index in [1.165, 1.54) is 0 Å². The molecule has 1 fully saturated rings. The fraction of sp³-hybridized carbons (Fsp3) is 0.909. The van der Waals surface area contributed by atoms with Gasteiger partial charge in [-0.3, -0.25) is 4.79 Å². The Hall–Kier alpha value is -0.610. The standard InChI is InChI=1S/C11H22N2O2/c1-3-12-11(14)9(2)13-6-4-10-5-7-15-8-10/h9-10,13H,3-8H2,1-2H3,(H,12,14). The Balaban J connectivity index is 2.05. The second-order valence-electron chi connectivity index (χ2n) is 4.09. The molecular weight excluding hydrogens is 192 g/mol. The van der Waals surface area contributed by atoms with Crippen LogP contribution in [0.15, 0.2) is 0 Å². The minimum Gasteiger partial charge on any atom is -0.381 e. The Morgan fingerprint density at radius 1 is 1.60 bits per heavy atom. The number of rotatable bonds is 6. The smallest absolute Gasteiger partial charge is 0.236 e. The van der Waals surface area contributed by atoms with Crippen molar-refractivity contribution >= 4 is 5.91 Å². The minimum absolute atomic E-state index is 0.0835. The highest BCUT2D eigenvalue weighted by molar-refractivity contribution is 5.81. The Morgan fingerprint density at radius 2 is 2.40 bits per heavy atom. The van der Waals surface area contributed by atoms with Gasteiger partial charge in [-0.1, -0.05) is 0 Å². The van der Waals surface area contributed by atoms with Gasteiger partial charge >= 0.3 is 0 Å². The van der Waals surface area contributed by atoms with Crippen molar-refractivity contribution in [2.24, 2.45) is 5.92 Å². The van der Waals surface area contributed by atoms with Crippen molar-refractivity contribution in [2.45, 2.75) is 32.7 Å². The molecule has 0 saturated carbocycles. The molecule has 0 radical (unpaired) electrons. The van der Waals surface area contributed by atoms with E-state index in [1.54, 1.807) is 0 Å². The third kappa shape index (κ3) is 4.62. The van der Waals surface area contributed by atoms with Gasteiger partial charge in [-0.2, -0.15) is 0 Å². The summed E-state index contributed by atoms with van der Waals surface area (Å²) in [6.45, 7) is 7.21. The first-order valence-electron chi connectivity index (χ1n) is 5.83. The molecule has 0 aromatic rings. The molecule has 4 heteroatoms. The van der Waals surface area contributed by atoms with Gasteiger partial charge in [-0.15, -0.1) is 0 Å². The predicted molar refractivity (Wildman–Crippen MR) is 59.7 cm³/mol. The van der Waals surface area contributed by atoms with Gasteiger partial charge < -0.3 is 15.4 Å². The van der Waals surface area contributed by atoms with Crippen molar-refractivity contribution in [1.29, 1.82) is 0 Å². The number of nitrogens with one attached hydrogen (secondary N) is 2. The average Bonchev–Trinajstić information content (AvgIpc) is 2.71. The number of ether oxygens (including phenoxy) is 1. The highest BCUT2D eigenvalue weighted by Gasteiger charge is 2.16. The number of carbonyl (C=O) groups excluding carboxylic acids is 1. The largest absolute Gasteiger partial charge is 0.381 e. The van der Waals surface area contributed by atoms with Gasteiger partial charge in [0.15, 0.2) is 0 Å². The lowest BCUT2D eigenvalue weighted by atomic mass is 10.1. The normalized spacial score (nSPS) is 22.7. The van der Waals surface area contributed by atoms with Crippen molar-refractivity contribution in [2.75, 3.05) is 26.3 Å². The van der Waals surface area contributed by atoms with Crippen LogP contribution in [0.5, 0.6) is 0 Å². The predicted octanol–water partition coefficient (Wildman–Crippen LogP) is 0.527. The van der Waals surface area contributed by atoms with Gasteiger partial charge in [0.05, 0.1) is 6.04 Å². The first-order valence-corrected chi connectivity index (χ1v) is 5.83. The molecule has 2 atom stereocenters. The molecule has 0 aliphatic carbocycles. The fourth-order valence-electron chi connectivity index (χ4n) is 1.73. The molecule has 0 spiro atoms. The third-order valence-electron chi connectivity index (χ3n) is 2.77. The van der Waals surface area contributed by atoms with Crippen LogP contribution in [0.1, 0.15) is 26.7 Å². The summed E-state index contributed by atoms with van der Waals surface area (Å²) in [7, 11) is 0. The molecule has 2 unspecified atom stereocenters. The average molecular weight is 214 g/mol. The zero-order valence-corrected chi connectivity index (χ0v) is 9.71. The number of hydrogen-bond donors (Lipinski definition) is 2. The topological polar surface area (TPSA) is 50.4 Å². The minimum atomic E-state index is -0.0905. The van der Waals surface area contributed by atoms with Crippen LogP contribution in [-0.2, 0) is 9.53 Å². The molecular formula is C11H22N2O2. The van der Waals surface area contributed by atoms with Crippen LogP contribution in [-0.4, -0.2) is 38.3 Å². The van der Waals surface area contributed by atoms with E-state index in [4.69, 9.17) is 4.74 Å². The summed E-state index contributed by atoms with van der Waals surface area (Å²) in [4.78, 5) is 11.4. The lowest BCUT2D eigenvalue weighted by Crippen LogP contribution is -2.42. The summed E-state index contributed by atoms with van der Waals surface area (Å²) in [6, 6.07) is -0.0905. The van der Waals surface area contributed by atoms with Crippen LogP contribution in [0, 0.1) is 5.92 Å². The molecule has 15 heavy (non-hydrogen) atoms. The lowest BCUT2D eigenvalue weighted by molar-refractivity contribution is -0.122. The van der Waals surface area contributed by atoms with E-state index < -0.39 is 0 Å². The maximum absolute atomic E-state index is 11.4. The fourth-order valence-corrected chi connectivity index (χ4v) is 1.73. The zero-order valence-electron chi connectivity index (χ0n) is 9.71. The number of likely N-dealkylation sites (N-methyl/N-ethyl adjacent to an activating group) is 1. The number of hydrogen-bond acceptors (Lipinski definition) is 3. The molecule has 1 heterocycles. The van der Waals surface area contributed by atoms with Crippen LogP contribution < -0.4 is 10.6 Å². The van der Waals surface area contributed by atoms with E-state index in [0.29, 0.717) is 12.5 Å². The Labute approximate surface area is 91.8 Å². The van der Waals surface area contributed by atoms with Crippen molar-refractivity contribution in [3.05, 3.63) is 0 Å². The molecule has 0 bridgehead atoms. The maximum Gasteiger partial charge on any atom is 0.236 e. The van der Waals surface area contributed by atoms with Crippen LogP contribution in [0.4, 0.5) is 0 Å². The lowest BCUT2D eigenvalue weighted by Gasteiger charge is -2.14. The van der Waals surface area contributed by atoms with Crippen LogP contribution >= 0.6 is 0 Å². The third-order valence-corrected chi connectivity index (χ3v) is 2.77. The quantitative estimate of drug-likeness (QED) is 0.678.